The molecule has 19 heavy (non-hydrogen) atoms. The normalized spacial score (nSPS) is 10.2. The monoisotopic (exact) mass is 297 g/mol. The van der Waals surface area contributed by atoms with E-state index in [2.05, 4.69) is 20.3 Å². The lowest BCUT2D eigenvalue weighted by Gasteiger charge is -2.03. The van der Waals surface area contributed by atoms with E-state index in [1.807, 2.05) is 0 Å². The van der Waals surface area contributed by atoms with Crippen molar-refractivity contribution in [3.63, 3.8) is 0 Å². The first-order chi connectivity index (χ1) is 9.10. The molecule has 2 aromatic heterocycles. The number of rotatable bonds is 4. The van der Waals surface area contributed by atoms with Crippen molar-refractivity contribution < 1.29 is 4.92 Å². The number of pyridine rings is 1. The van der Waals surface area contributed by atoms with E-state index in [9.17, 15) is 10.1 Å². The minimum Gasteiger partial charge on any atom is -0.357 e. The molecule has 0 spiro atoms. The average Bonchev–Trinajstić information content (AvgIpc) is 2.41. The predicted molar refractivity (Wildman–Crippen MR) is 71.6 cm³/mol. The number of hydrogen-bond acceptors (Lipinski definition) is 7. The fourth-order valence-corrected chi connectivity index (χ4v) is 2.12. The van der Waals surface area contributed by atoms with Crippen LogP contribution < -0.4 is 5.32 Å². The van der Waals surface area contributed by atoms with Gasteiger partial charge in [-0.25, -0.2) is 9.97 Å². The van der Waals surface area contributed by atoms with Crippen LogP contribution in [0.1, 0.15) is 0 Å². The van der Waals surface area contributed by atoms with Crippen LogP contribution in [0, 0.1) is 10.1 Å². The van der Waals surface area contributed by atoms with E-state index in [-0.39, 0.29) is 10.7 Å². The van der Waals surface area contributed by atoms with Crippen LogP contribution in [-0.2, 0) is 0 Å². The molecule has 0 saturated carbocycles. The Labute approximate surface area is 117 Å². The first kappa shape index (κ1) is 13.5. The molecule has 0 unspecified atom stereocenters. The molecule has 0 bridgehead atoms. The van der Waals surface area contributed by atoms with Gasteiger partial charge in [0.1, 0.15) is 11.2 Å². The molecular formula is C10H8ClN5O2S. The largest absolute Gasteiger partial charge is 0.357 e. The van der Waals surface area contributed by atoms with E-state index in [0.717, 1.165) is 18.0 Å². The lowest BCUT2D eigenvalue weighted by atomic mass is 10.5. The minimum atomic E-state index is -0.530. The highest BCUT2D eigenvalue weighted by Gasteiger charge is 2.18. The molecule has 9 heteroatoms. The highest BCUT2D eigenvalue weighted by molar-refractivity contribution is 7.99. The molecule has 0 amide bonds. The Hall–Kier alpha value is -1.93. The third-order valence-electron chi connectivity index (χ3n) is 2.06. The molecule has 2 heterocycles. The van der Waals surface area contributed by atoms with E-state index in [4.69, 9.17) is 11.6 Å². The molecule has 2 rings (SSSR count). The molecule has 0 aliphatic heterocycles. The van der Waals surface area contributed by atoms with Gasteiger partial charge in [-0.2, -0.15) is 4.98 Å². The van der Waals surface area contributed by atoms with Gasteiger partial charge in [0.25, 0.3) is 0 Å². The molecule has 0 radical (unpaired) electrons. The third kappa shape index (κ3) is 3.30. The maximum absolute atomic E-state index is 10.9. The highest BCUT2D eigenvalue weighted by atomic mass is 35.5. The second-order valence-electron chi connectivity index (χ2n) is 3.31. The van der Waals surface area contributed by atoms with Crippen molar-refractivity contribution in [2.75, 3.05) is 12.4 Å². The lowest BCUT2D eigenvalue weighted by Crippen LogP contribution is -2.01. The van der Waals surface area contributed by atoms with Crippen LogP contribution >= 0.6 is 23.4 Å². The molecule has 0 aliphatic rings. The molecule has 0 saturated heterocycles. The molecule has 7 nitrogen and oxygen atoms in total. The van der Waals surface area contributed by atoms with Crippen LogP contribution in [-0.4, -0.2) is 26.9 Å². The van der Waals surface area contributed by atoms with Crippen molar-refractivity contribution in [1.29, 1.82) is 0 Å². The quantitative estimate of drug-likeness (QED) is 0.526. The summed E-state index contributed by atoms with van der Waals surface area (Å²) in [5.41, 5.74) is -0.166. The molecule has 0 atom stereocenters. The Morgan fingerprint density at radius 1 is 1.37 bits per heavy atom. The van der Waals surface area contributed by atoms with E-state index >= 15 is 0 Å². The molecular weight excluding hydrogens is 290 g/mol. The summed E-state index contributed by atoms with van der Waals surface area (Å²) >= 11 is 6.81. The van der Waals surface area contributed by atoms with Crippen LogP contribution in [0.25, 0.3) is 0 Å². The predicted octanol–water partition coefficient (Wildman–Crippen LogP) is 2.63. The van der Waals surface area contributed by atoms with Crippen molar-refractivity contribution in [3.05, 3.63) is 39.7 Å². The van der Waals surface area contributed by atoms with Gasteiger partial charge in [-0.05, 0) is 23.9 Å². The van der Waals surface area contributed by atoms with Crippen LogP contribution in [0.2, 0.25) is 5.02 Å². The lowest BCUT2D eigenvalue weighted by molar-refractivity contribution is -0.388. The molecule has 0 aromatic carbocycles. The van der Waals surface area contributed by atoms with Crippen LogP contribution in [0.15, 0.2) is 34.6 Å². The van der Waals surface area contributed by atoms with Gasteiger partial charge in [-0.1, -0.05) is 11.6 Å². The van der Waals surface area contributed by atoms with Gasteiger partial charge in [0.05, 0.1) is 9.95 Å². The van der Waals surface area contributed by atoms with E-state index in [1.165, 1.54) is 6.20 Å². The van der Waals surface area contributed by atoms with Crippen LogP contribution in [0.5, 0.6) is 0 Å². The Bertz CT molecular complexity index is 607. The summed E-state index contributed by atoms with van der Waals surface area (Å²) in [5.74, 6) is 0.307. The second-order valence-corrected chi connectivity index (χ2v) is 4.75. The van der Waals surface area contributed by atoms with Crippen molar-refractivity contribution in [2.24, 2.45) is 0 Å². The molecule has 1 N–H and O–H groups in total. The van der Waals surface area contributed by atoms with Gasteiger partial charge in [-0.3, -0.25) is 10.1 Å². The van der Waals surface area contributed by atoms with Gasteiger partial charge in [-0.15, -0.1) is 0 Å². The number of nitrogens with zero attached hydrogens (tertiary/aromatic N) is 4. The van der Waals surface area contributed by atoms with Crippen LogP contribution in [0.3, 0.4) is 0 Å². The van der Waals surface area contributed by atoms with Crippen LogP contribution in [0.4, 0.5) is 11.6 Å². The highest BCUT2D eigenvalue weighted by Crippen LogP contribution is 2.32. The maximum Gasteiger partial charge on any atom is 0.320 e. The summed E-state index contributed by atoms with van der Waals surface area (Å²) in [7, 11) is 1.64. The van der Waals surface area contributed by atoms with Crippen molar-refractivity contribution in [3.8, 4) is 0 Å². The van der Waals surface area contributed by atoms with Gasteiger partial charge >= 0.3 is 5.69 Å². The van der Waals surface area contributed by atoms with Gasteiger partial charge in [0.15, 0.2) is 5.03 Å². The number of anilines is 1. The van der Waals surface area contributed by atoms with E-state index in [1.54, 1.807) is 19.2 Å². The number of nitrogens with one attached hydrogen (secondary N) is 1. The number of aromatic nitrogens is 3. The van der Waals surface area contributed by atoms with Crippen molar-refractivity contribution in [2.45, 2.75) is 10.1 Å². The van der Waals surface area contributed by atoms with Crippen molar-refractivity contribution in [1.82, 2.24) is 15.0 Å². The zero-order valence-electron chi connectivity index (χ0n) is 9.70. The smallest absolute Gasteiger partial charge is 0.320 e. The zero-order chi connectivity index (χ0) is 13.8. The summed E-state index contributed by atoms with van der Waals surface area (Å²) in [6.45, 7) is 0. The Balaban J connectivity index is 2.36. The number of hydrogen-bond donors (Lipinski definition) is 1. The first-order valence-electron chi connectivity index (χ1n) is 5.08. The summed E-state index contributed by atoms with van der Waals surface area (Å²) < 4.78 is 0. The third-order valence-corrected chi connectivity index (χ3v) is 3.23. The second kappa shape index (κ2) is 5.81. The van der Waals surface area contributed by atoms with Gasteiger partial charge in [0.2, 0.25) is 5.95 Å². The van der Waals surface area contributed by atoms with Gasteiger partial charge < -0.3 is 5.32 Å². The molecule has 98 valence electrons. The summed E-state index contributed by atoms with van der Waals surface area (Å²) in [5, 5.41) is 14.9. The molecule has 0 aliphatic carbocycles. The van der Waals surface area contributed by atoms with Crippen molar-refractivity contribution >= 4 is 35.0 Å². The Morgan fingerprint density at radius 2 is 2.16 bits per heavy atom. The fraction of sp³-hybridized carbons (Fsp3) is 0.100. The van der Waals surface area contributed by atoms with Gasteiger partial charge in [0, 0.05) is 13.2 Å². The Morgan fingerprint density at radius 3 is 2.74 bits per heavy atom. The molecule has 0 fully saturated rings. The summed E-state index contributed by atoms with van der Waals surface area (Å²) in [6, 6.07) is 3.32. The SMILES string of the molecule is CNc1ncc([N+](=O)[O-])c(Sc2ccc(Cl)cn2)n1. The van der Waals surface area contributed by atoms with E-state index in [0.29, 0.717) is 16.0 Å². The molecule has 2 aromatic rings. The standard InChI is InChI=1S/C10H8ClN5O2S/c1-12-10-14-5-7(16(17)18)9(15-10)19-8-3-2-6(11)4-13-8/h2-5H,1H3,(H,12,14,15). The minimum absolute atomic E-state index is 0.166. The number of nitro groups is 1. The fourth-order valence-electron chi connectivity index (χ4n) is 1.20. The average molecular weight is 298 g/mol. The zero-order valence-corrected chi connectivity index (χ0v) is 11.3. The topological polar surface area (TPSA) is 93.8 Å². The van der Waals surface area contributed by atoms with E-state index < -0.39 is 4.92 Å². The Kier molecular flexibility index (Phi) is 4.13. The summed E-state index contributed by atoms with van der Waals surface area (Å²) in [4.78, 5) is 22.3. The number of halogens is 1. The summed E-state index contributed by atoms with van der Waals surface area (Å²) in [6.07, 6.45) is 2.63. The first-order valence-corrected chi connectivity index (χ1v) is 6.28. The maximum atomic E-state index is 10.9.